The fraction of sp³-hybridized carbons (Fsp3) is 0.346. The molecule has 3 rings (SSSR count). The number of fused-ring (bicyclic) bond motifs is 1. The van der Waals surface area contributed by atoms with Gasteiger partial charge in [0.15, 0.2) is 0 Å². The van der Waals surface area contributed by atoms with Crippen LogP contribution in [0.25, 0.3) is 10.1 Å². The fourth-order valence-electron chi connectivity index (χ4n) is 4.10. The number of nitrogens with zero attached hydrogens (tertiary/aromatic N) is 1. The quantitative estimate of drug-likeness (QED) is 0.186. The number of benzene rings is 2. The largest absolute Gasteiger partial charge is 0.490 e. The first kappa shape index (κ1) is 24.6. The number of aryl methyl sites for hydroxylation is 1. The second kappa shape index (κ2) is 10.3. The first-order valence-electron chi connectivity index (χ1n) is 11.0. The summed E-state index contributed by atoms with van der Waals surface area (Å²) in [5, 5.41) is 14.0. The normalized spacial score (nSPS) is 12.4. The van der Waals surface area contributed by atoms with Gasteiger partial charge in [-0.05, 0) is 79.1 Å². The van der Waals surface area contributed by atoms with Crippen LogP contribution >= 0.6 is 11.3 Å². The van der Waals surface area contributed by atoms with Crippen LogP contribution in [0.4, 0.5) is 0 Å². The van der Waals surface area contributed by atoms with Crippen molar-refractivity contribution < 1.29 is 14.6 Å². The van der Waals surface area contributed by atoms with Crippen molar-refractivity contribution in [3.63, 3.8) is 0 Å². The number of carbonyl (C=O) groups excluding carboxylic acids is 1. The van der Waals surface area contributed by atoms with Gasteiger partial charge in [-0.1, -0.05) is 37.8 Å². The van der Waals surface area contributed by atoms with Gasteiger partial charge in [-0.15, -0.1) is 11.3 Å². The second-order valence-electron chi connectivity index (χ2n) is 8.36. The van der Waals surface area contributed by atoms with E-state index in [-0.39, 0.29) is 17.9 Å². The molecule has 0 radical (unpaired) electrons. The van der Waals surface area contributed by atoms with E-state index in [1.807, 2.05) is 25.1 Å². The third-order valence-electron chi connectivity index (χ3n) is 6.31. The molecule has 3 N–H and O–H groups in total. The van der Waals surface area contributed by atoms with Crippen LogP contribution in [-0.4, -0.2) is 23.7 Å². The summed E-state index contributed by atoms with van der Waals surface area (Å²) < 4.78 is 6.95. The van der Waals surface area contributed by atoms with Crippen molar-refractivity contribution in [1.82, 2.24) is 5.43 Å². The lowest BCUT2D eigenvalue weighted by Gasteiger charge is -2.32. The molecule has 1 heterocycles. The third kappa shape index (κ3) is 4.99. The molecule has 0 saturated heterocycles. The minimum Gasteiger partial charge on any atom is -0.490 e. The molecular weight excluding hydrogens is 434 g/mol. The van der Waals surface area contributed by atoms with Crippen molar-refractivity contribution in [2.75, 3.05) is 6.61 Å². The number of aliphatic hydroxyl groups is 1. The van der Waals surface area contributed by atoms with E-state index in [0.717, 1.165) is 34.2 Å². The predicted molar refractivity (Wildman–Crippen MR) is 133 cm³/mol. The number of hydrogen-bond acceptors (Lipinski definition) is 6. The number of nitrogens with one attached hydrogen (secondary N) is 2. The molecule has 0 aliphatic heterocycles. The summed E-state index contributed by atoms with van der Waals surface area (Å²) in [6, 6.07) is 14.0. The van der Waals surface area contributed by atoms with Gasteiger partial charge in [0.2, 0.25) is 0 Å². The third-order valence-corrected chi connectivity index (χ3v) is 7.63. The summed E-state index contributed by atoms with van der Waals surface area (Å²) in [5.74, 6) is 0.367. The highest BCUT2D eigenvalue weighted by Gasteiger charge is 2.33. The lowest BCUT2D eigenvalue weighted by atomic mass is 9.74. The van der Waals surface area contributed by atoms with Crippen LogP contribution in [0.15, 0.2) is 59.8 Å². The topological polar surface area (TPSA) is 94.8 Å². The molecule has 0 fully saturated rings. The van der Waals surface area contributed by atoms with Crippen LogP contribution in [0, 0.1) is 12.5 Å². The molecule has 1 atom stereocenters. The monoisotopic (exact) mass is 465 g/mol. The molecular formula is C26H31N3O3S. The van der Waals surface area contributed by atoms with Crippen molar-refractivity contribution in [2.45, 2.75) is 52.1 Å². The van der Waals surface area contributed by atoms with Crippen LogP contribution in [0.5, 0.6) is 5.75 Å². The Morgan fingerprint density at radius 2 is 1.97 bits per heavy atom. The summed E-state index contributed by atoms with van der Waals surface area (Å²) in [5.41, 5.74) is 12.3. The molecule has 0 saturated carbocycles. The molecule has 3 aromatic rings. The summed E-state index contributed by atoms with van der Waals surface area (Å²) in [7, 11) is 0. The highest BCUT2D eigenvalue weighted by molar-refractivity contribution is 7.19. The summed E-state index contributed by atoms with van der Waals surface area (Å²) in [6.45, 7) is 12.2. The molecule has 2 aromatic carbocycles. The maximum Gasteiger partial charge on any atom is 0.272 e. The van der Waals surface area contributed by atoms with E-state index in [4.69, 9.17) is 10.3 Å². The standard InChI is InChI=1S/C26H31N3O3S/c1-6-26(7-2,20-9-10-22(17(5)12-20)32-15-21(30)16(3)4)24-14-19-13-18(25(31)28-29-27)8-11-23(19)33-24/h8-14,21,30H,3,6-7,15H2,1-2,4-5H3,(H2,27,28,31). The molecule has 33 heavy (non-hydrogen) atoms. The van der Waals surface area contributed by atoms with Gasteiger partial charge in [0.1, 0.15) is 18.5 Å². The van der Waals surface area contributed by atoms with Gasteiger partial charge in [0.05, 0.1) is 0 Å². The van der Waals surface area contributed by atoms with Crippen molar-refractivity contribution in [2.24, 2.45) is 5.22 Å². The van der Waals surface area contributed by atoms with Crippen molar-refractivity contribution in [1.29, 1.82) is 5.53 Å². The molecule has 6 nitrogen and oxygen atoms in total. The van der Waals surface area contributed by atoms with Gasteiger partial charge in [0.25, 0.3) is 5.91 Å². The van der Waals surface area contributed by atoms with Crippen molar-refractivity contribution >= 4 is 27.3 Å². The maximum atomic E-state index is 12.1. The minimum absolute atomic E-state index is 0.164. The molecule has 7 heteroatoms. The molecule has 1 unspecified atom stereocenters. The second-order valence-corrected chi connectivity index (χ2v) is 9.44. The smallest absolute Gasteiger partial charge is 0.272 e. The highest BCUT2D eigenvalue weighted by Crippen LogP contribution is 2.45. The SMILES string of the molecule is C=C(C)C(O)COc1ccc(C(CC)(CC)c2cc3cc(C(=O)NN=N)ccc3s2)cc1C. The summed E-state index contributed by atoms with van der Waals surface area (Å²) >= 11 is 1.74. The number of thiophene rings is 1. The molecule has 0 bridgehead atoms. The highest BCUT2D eigenvalue weighted by atomic mass is 32.1. The van der Waals surface area contributed by atoms with Gasteiger partial charge in [0, 0.05) is 20.6 Å². The van der Waals surface area contributed by atoms with Gasteiger partial charge < -0.3 is 9.84 Å². The van der Waals surface area contributed by atoms with Gasteiger partial charge in [-0.25, -0.2) is 5.43 Å². The van der Waals surface area contributed by atoms with E-state index in [1.165, 1.54) is 10.4 Å². The Morgan fingerprint density at radius 3 is 2.58 bits per heavy atom. The Morgan fingerprint density at radius 1 is 1.24 bits per heavy atom. The Balaban J connectivity index is 1.97. The van der Waals surface area contributed by atoms with Crippen LogP contribution < -0.4 is 10.2 Å². The first-order chi connectivity index (χ1) is 15.7. The van der Waals surface area contributed by atoms with E-state index in [1.54, 1.807) is 24.3 Å². The summed E-state index contributed by atoms with van der Waals surface area (Å²) in [4.78, 5) is 13.3. The Kier molecular flexibility index (Phi) is 7.66. The Bertz CT molecular complexity index is 1180. The molecule has 1 amide bonds. The average Bonchev–Trinajstić information content (AvgIpc) is 3.23. The van der Waals surface area contributed by atoms with Crippen LogP contribution in [0.1, 0.15) is 60.0 Å². The number of ether oxygens (including phenoxy) is 1. The number of hydrogen-bond donors (Lipinski definition) is 3. The fourth-order valence-corrected chi connectivity index (χ4v) is 5.50. The zero-order valence-corrected chi connectivity index (χ0v) is 20.4. The van der Waals surface area contributed by atoms with E-state index >= 15 is 0 Å². The molecule has 0 aliphatic rings. The van der Waals surface area contributed by atoms with E-state index < -0.39 is 6.10 Å². The van der Waals surface area contributed by atoms with Gasteiger partial charge in [-0.3, -0.25) is 4.79 Å². The zero-order valence-electron chi connectivity index (χ0n) is 19.6. The van der Waals surface area contributed by atoms with Gasteiger partial charge >= 0.3 is 0 Å². The Labute approximate surface area is 198 Å². The average molecular weight is 466 g/mol. The first-order valence-corrected chi connectivity index (χ1v) is 11.9. The summed E-state index contributed by atoms with van der Waals surface area (Å²) in [6.07, 6.45) is 1.17. The lowest BCUT2D eigenvalue weighted by Crippen LogP contribution is -2.25. The predicted octanol–water partition coefficient (Wildman–Crippen LogP) is 6.31. The molecule has 174 valence electrons. The number of amides is 1. The van der Waals surface area contributed by atoms with E-state index in [0.29, 0.717) is 11.1 Å². The number of aliphatic hydroxyl groups excluding tert-OH is 1. The lowest BCUT2D eigenvalue weighted by molar-refractivity contribution is 0.0950. The van der Waals surface area contributed by atoms with Crippen LogP contribution in [0.2, 0.25) is 0 Å². The number of carbonyl (C=O) groups is 1. The molecule has 0 spiro atoms. The Hall–Kier alpha value is -3.03. The van der Waals surface area contributed by atoms with Crippen LogP contribution in [0.3, 0.4) is 0 Å². The minimum atomic E-state index is -0.685. The molecule has 1 aromatic heterocycles. The molecule has 0 aliphatic carbocycles. The number of rotatable bonds is 10. The van der Waals surface area contributed by atoms with Gasteiger partial charge in [-0.2, -0.15) is 5.53 Å². The van der Waals surface area contributed by atoms with Crippen molar-refractivity contribution in [3.8, 4) is 5.75 Å². The van der Waals surface area contributed by atoms with E-state index in [2.05, 4.69) is 49.3 Å². The van der Waals surface area contributed by atoms with E-state index in [9.17, 15) is 9.90 Å². The maximum absolute atomic E-state index is 12.1. The van der Waals surface area contributed by atoms with Crippen LogP contribution in [-0.2, 0) is 5.41 Å². The zero-order chi connectivity index (χ0) is 24.2. The van der Waals surface area contributed by atoms with Crippen molar-refractivity contribution in [3.05, 3.63) is 76.2 Å².